The predicted octanol–water partition coefficient (Wildman–Crippen LogP) is 2.24. The molecule has 0 radical (unpaired) electrons. The quantitative estimate of drug-likeness (QED) is 0.812. The molecule has 90 valence electrons. The number of carbonyl (C=O) groups is 1. The molecule has 0 atom stereocenters. The second kappa shape index (κ2) is 4.99. The number of aromatic nitrogens is 1. The van der Waals surface area contributed by atoms with Crippen molar-refractivity contribution >= 4 is 16.9 Å². The summed E-state index contributed by atoms with van der Waals surface area (Å²) in [6.45, 7) is 5.40. The van der Waals surface area contributed by atoms with Crippen molar-refractivity contribution in [1.82, 2.24) is 10.1 Å². The van der Waals surface area contributed by atoms with E-state index in [2.05, 4.69) is 5.16 Å². The smallest absolute Gasteiger partial charge is 0.228 e. The van der Waals surface area contributed by atoms with E-state index >= 15 is 0 Å². The van der Waals surface area contributed by atoms with Crippen LogP contribution in [0.2, 0.25) is 0 Å². The lowest BCUT2D eigenvalue weighted by molar-refractivity contribution is -0.130. The third-order valence-corrected chi connectivity index (χ3v) is 2.89. The lowest BCUT2D eigenvalue weighted by Crippen LogP contribution is -2.31. The van der Waals surface area contributed by atoms with E-state index in [9.17, 15) is 4.79 Å². The van der Waals surface area contributed by atoms with Gasteiger partial charge in [-0.25, -0.2) is 0 Å². The molecule has 0 saturated carbocycles. The van der Waals surface area contributed by atoms with Crippen LogP contribution in [0.1, 0.15) is 19.5 Å². The van der Waals surface area contributed by atoms with Gasteiger partial charge >= 0.3 is 0 Å². The SMILES string of the molecule is CCN(CC)C(=O)Cc1noc2ccccc12. The molecule has 17 heavy (non-hydrogen) atoms. The fraction of sp³-hybridized carbons (Fsp3) is 0.385. The fourth-order valence-electron chi connectivity index (χ4n) is 1.90. The third kappa shape index (κ3) is 2.30. The van der Waals surface area contributed by atoms with E-state index in [1.54, 1.807) is 4.90 Å². The van der Waals surface area contributed by atoms with Crippen LogP contribution >= 0.6 is 0 Å². The highest BCUT2D eigenvalue weighted by molar-refractivity contribution is 5.86. The van der Waals surface area contributed by atoms with Gasteiger partial charge in [-0.1, -0.05) is 17.3 Å². The molecule has 1 heterocycles. The van der Waals surface area contributed by atoms with Gasteiger partial charge in [0.2, 0.25) is 5.91 Å². The third-order valence-electron chi connectivity index (χ3n) is 2.89. The Hall–Kier alpha value is -1.84. The van der Waals surface area contributed by atoms with Gasteiger partial charge in [0.25, 0.3) is 0 Å². The number of rotatable bonds is 4. The Morgan fingerprint density at radius 1 is 1.29 bits per heavy atom. The van der Waals surface area contributed by atoms with Crippen molar-refractivity contribution in [1.29, 1.82) is 0 Å². The lowest BCUT2D eigenvalue weighted by Gasteiger charge is -2.17. The van der Waals surface area contributed by atoms with E-state index in [1.165, 1.54) is 0 Å². The Bertz CT molecular complexity index is 515. The summed E-state index contributed by atoms with van der Waals surface area (Å²) in [4.78, 5) is 13.8. The van der Waals surface area contributed by atoms with E-state index < -0.39 is 0 Å². The Balaban J connectivity index is 2.21. The molecule has 0 aliphatic heterocycles. The molecule has 1 aromatic carbocycles. The molecule has 0 unspecified atom stereocenters. The molecule has 1 amide bonds. The predicted molar refractivity (Wildman–Crippen MR) is 65.6 cm³/mol. The van der Waals surface area contributed by atoms with Crippen LogP contribution in [0.15, 0.2) is 28.8 Å². The molecule has 4 nitrogen and oxygen atoms in total. The molecule has 0 spiro atoms. The minimum atomic E-state index is 0.0917. The molecule has 2 rings (SSSR count). The molecule has 0 bridgehead atoms. The molecule has 2 aromatic rings. The van der Waals surface area contributed by atoms with Crippen LogP contribution in [-0.2, 0) is 11.2 Å². The summed E-state index contributed by atoms with van der Waals surface area (Å²) in [5.74, 6) is 0.0917. The second-order valence-electron chi connectivity index (χ2n) is 3.87. The van der Waals surface area contributed by atoms with Gasteiger partial charge in [0.15, 0.2) is 5.58 Å². The molecule has 1 aromatic heterocycles. The Labute approximate surface area is 100 Å². The second-order valence-corrected chi connectivity index (χ2v) is 3.87. The van der Waals surface area contributed by atoms with Gasteiger partial charge in [-0.2, -0.15) is 0 Å². The number of carbonyl (C=O) groups excluding carboxylic acids is 1. The van der Waals surface area contributed by atoms with Crippen molar-refractivity contribution in [2.45, 2.75) is 20.3 Å². The van der Waals surface area contributed by atoms with Crippen LogP contribution in [-0.4, -0.2) is 29.1 Å². The van der Waals surface area contributed by atoms with E-state index in [-0.39, 0.29) is 5.91 Å². The lowest BCUT2D eigenvalue weighted by atomic mass is 10.1. The van der Waals surface area contributed by atoms with Crippen LogP contribution in [0.4, 0.5) is 0 Å². The number of para-hydroxylation sites is 1. The number of fused-ring (bicyclic) bond motifs is 1. The molecule has 4 heteroatoms. The normalized spacial score (nSPS) is 10.7. The number of likely N-dealkylation sites (N-methyl/N-ethyl adjacent to an activating group) is 1. The highest BCUT2D eigenvalue weighted by atomic mass is 16.5. The van der Waals surface area contributed by atoms with Crippen molar-refractivity contribution in [3.05, 3.63) is 30.0 Å². The summed E-state index contributed by atoms with van der Waals surface area (Å²) in [5.41, 5.74) is 1.45. The van der Waals surface area contributed by atoms with E-state index in [4.69, 9.17) is 4.52 Å². The minimum Gasteiger partial charge on any atom is -0.356 e. The van der Waals surface area contributed by atoms with Gasteiger partial charge in [-0.15, -0.1) is 0 Å². The number of amides is 1. The average molecular weight is 232 g/mol. The van der Waals surface area contributed by atoms with Crippen molar-refractivity contribution in [3.8, 4) is 0 Å². The topological polar surface area (TPSA) is 46.3 Å². The fourth-order valence-corrected chi connectivity index (χ4v) is 1.90. The van der Waals surface area contributed by atoms with E-state index in [1.807, 2.05) is 38.1 Å². The van der Waals surface area contributed by atoms with Gasteiger partial charge in [0.1, 0.15) is 5.69 Å². The summed E-state index contributed by atoms with van der Waals surface area (Å²) in [6.07, 6.45) is 0.304. The van der Waals surface area contributed by atoms with Crippen LogP contribution in [0, 0.1) is 0 Å². The summed E-state index contributed by atoms with van der Waals surface area (Å²) >= 11 is 0. The maximum atomic E-state index is 12.0. The maximum Gasteiger partial charge on any atom is 0.228 e. The van der Waals surface area contributed by atoms with Crippen LogP contribution in [0.3, 0.4) is 0 Å². The van der Waals surface area contributed by atoms with Gasteiger partial charge in [-0.3, -0.25) is 4.79 Å². The summed E-state index contributed by atoms with van der Waals surface area (Å²) in [6, 6.07) is 7.60. The van der Waals surface area contributed by atoms with Gasteiger partial charge < -0.3 is 9.42 Å². The van der Waals surface area contributed by atoms with Crippen molar-refractivity contribution in [2.24, 2.45) is 0 Å². The standard InChI is InChI=1S/C13H16N2O2/c1-3-15(4-2)13(16)9-11-10-7-5-6-8-12(10)17-14-11/h5-8H,3-4,9H2,1-2H3. The monoisotopic (exact) mass is 232 g/mol. The largest absolute Gasteiger partial charge is 0.356 e. The van der Waals surface area contributed by atoms with Crippen molar-refractivity contribution in [3.63, 3.8) is 0 Å². The van der Waals surface area contributed by atoms with Crippen LogP contribution in [0.5, 0.6) is 0 Å². The Kier molecular flexibility index (Phi) is 3.42. The van der Waals surface area contributed by atoms with Gasteiger partial charge in [-0.05, 0) is 26.0 Å². The first-order chi connectivity index (χ1) is 8.26. The first-order valence-corrected chi connectivity index (χ1v) is 5.87. The molecule has 0 saturated heterocycles. The zero-order valence-corrected chi connectivity index (χ0v) is 10.1. The van der Waals surface area contributed by atoms with Crippen LogP contribution < -0.4 is 0 Å². The molecule has 0 aliphatic carbocycles. The molecular formula is C13H16N2O2. The first kappa shape index (κ1) is 11.6. The minimum absolute atomic E-state index is 0.0917. The van der Waals surface area contributed by atoms with Gasteiger partial charge in [0.05, 0.1) is 6.42 Å². The summed E-state index contributed by atoms with van der Waals surface area (Å²) < 4.78 is 5.18. The highest BCUT2D eigenvalue weighted by Gasteiger charge is 2.15. The number of hydrogen-bond acceptors (Lipinski definition) is 3. The summed E-state index contributed by atoms with van der Waals surface area (Å²) in [5, 5.41) is 4.89. The Morgan fingerprint density at radius 3 is 2.71 bits per heavy atom. The number of hydrogen-bond donors (Lipinski definition) is 0. The van der Waals surface area contributed by atoms with Crippen molar-refractivity contribution < 1.29 is 9.32 Å². The zero-order chi connectivity index (χ0) is 12.3. The summed E-state index contributed by atoms with van der Waals surface area (Å²) in [7, 11) is 0. The zero-order valence-electron chi connectivity index (χ0n) is 10.1. The van der Waals surface area contributed by atoms with Gasteiger partial charge in [0, 0.05) is 18.5 Å². The maximum absolute atomic E-state index is 12.0. The van der Waals surface area contributed by atoms with Crippen molar-refractivity contribution in [2.75, 3.05) is 13.1 Å². The van der Waals surface area contributed by atoms with Crippen LogP contribution in [0.25, 0.3) is 11.0 Å². The van der Waals surface area contributed by atoms with E-state index in [0.717, 1.165) is 29.8 Å². The molecule has 0 N–H and O–H groups in total. The molecular weight excluding hydrogens is 216 g/mol. The molecule has 0 aliphatic rings. The Morgan fingerprint density at radius 2 is 2.00 bits per heavy atom. The number of benzene rings is 1. The number of nitrogens with zero attached hydrogens (tertiary/aromatic N) is 2. The average Bonchev–Trinajstić information content (AvgIpc) is 2.74. The molecule has 0 fully saturated rings. The highest BCUT2D eigenvalue weighted by Crippen LogP contribution is 2.18. The van der Waals surface area contributed by atoms with E-state index in [0.29, 0.717) is 6.42 Å². The first-order valence-electron chi connectivity index (χ1n) is 5.87.